The van der Waals surface area contributed by atoms with Crippen LogP contribution in [0.25, 0.3) is 10.9 Å². The number of allylic oxidation sites excluding steroid dienone is 3. The Labute approximate surface area is 167 Å². The second-order valence-electron chi connectivity index (χ2n) is 6.26. The van der Waals surface area contributed by atoms with E-state index in [4.69, 9.17) is 14.2 Å². The predicted molar refractivity (Wildman–Crippen MR) is 106 cm³/mol. The zero-order chi connectivity index (χ0) is 21.0. The van der Waals surface area contributed by atoms with Crippen LogP contribution in [0.15, 0.2) is 41.8 Å². The summed E-state index contributed by atoms with van der Waals surface area (Å²) in [5.74, 6) is 0.295. The van der Waals surface area contributed by atoms with Gasteiger partial charge in [0.2, 0.25) is 5.78 Å². The van der Waals surface area contributed by atoms with Gasteiger partial charge in [-0.3, -0.25) is 14.6 Å². The zero-order valence-corrected chi connectivity index (χ0v) is 16.2. The lowest BCUT2D eigenvalue weighted by Gasteiger charge is -2.17. The van der Waals surface area contributed by atoms with Gasteiger partial charge in [-0.05, 0) is 19.1 Å². The first kappa shape index (κ1) is 20.0. The SMILES string of the molecule is COCCOc1cc2ncc(C#N)c(NC3=CC(=O)C(C)=CC3=O)c2cc1OC. The molecule has 29 heavy (non-hydrogen) atoms. The lowest BCUT2D eigenvalue weighted by atomic mass is 10.0. The van der Waals surface area contributed by atoms with E-state index in [0.717, 1.165) is 0 Å². The molecule has 1 aliphatic carbocycles. The molecule has 0 spiro atoms. The van der Waals surface area contributed by atoms with Crippen molar-refractivity contribution in [2.45, 2.75) is 6.92 Å². The Kier molecular flexibility index (Phi) is 5.90. The number of rotatable bonds is 7. The summed E-state index contributed by atoms with van der Waals surface area (Å²) < 4.78 is 16.1. The van der Waals surface area contributed by atoms with Crippen LogP contribution < -0.4 is 14.8 Å². The predicted octanol–water partition coefficient (Wildman–Crippen LogP) is 2.53. The highest BCUT2D eigenvalue weighted by Gasteiger charge is 2.21. The van der Waals surface area contributed by atoms with Crippen molar-refractivity contribution in [1.29, 1.82) is 5.26 Å². The summed E-state index contributed by atoms with van der Waals surface area (Å²) in [4.78, 5) is 28.6. The van der Waals surface area contributed by atoms with Crippen LogP contribution in [0.2, 0.25) is 0 Å². The van der Waals surface area contributed by atoms with Crippen molar-refractivity contribution >= 4 is 28.2 Å². The minimum atomic E-state index is -0.345. The number of nitriles is 1. The van der Waals surface area contributed by atoms with E-state index >= 15 is 0 Å². The summed E-state index contributed by atoms with van der Waals surface area (Å²) in [6.07, 6.45) is 3.89. The highest BCUT2D eigenvalue weighted by molar-refractivity contribution is 6.21. The number of methoxy groups -OCH3 is 2. The van der Waals surface area contributed by atoms with E-state index < -0.39 is 0 Å². The first-order valence-electron chi connectivity index (χ1n) is 8.76. The molecule has 0 saturated heterocycles. The Balaban J connectivity index is 2.08. The molecule has 1 aromatic heterocycles. The topological polar surface area (TPSA) is 111 Å². The lowest BCUT2D eigenvalue weighted by Crippen LogP contribution is -2.18. The number of carbonyl (C=O) groups excluding carboxylic acids is 2. The third-order valence-electron chi connectivity index (χ3n) is 4.36. The summed E-state index contributed by atoms with van der Waals surface area (Å²) in [5.41, 5.74) is 1.56. The molecule has 1 heterocycles. The molecule has 0 aliphatic heterocycles. The first-order valence-corrected chi connectivity index (χ1v) is 8.76. The number of benzene rings is 1. The smallest absolute Gasteiger partial charge is 0.202 e. The summed E-state index contributed by atoms with van der Waals surface area (Å²) in [6.45, 7) is 2.31. The fraction of sp³-hybridized carbons (Fsp3) is 0.238. The van der Waals surface area contributed by atoms with Gasteiger partial charge in [0.1, 0.15) is 12.7 Å². The normalized spacial score (nSPS) is 13.6. The van der Waals surface area contributed by atoms with Crippen LogP contribution in [0.5, 0.6) is 11.5 Å². The highest BCUT2D eigenvalue weighted by atomic mass is 16.5. The summed E-state index contributed by atoms with van der Waals surface area (Å²) in [5, 5.41) is 13.0. The Morgan fingerprint density at radius 2 is 1.90 bits per heavy atom. The average molecular weight is 393 g/mol. The van der Waals surface area contributed by atoms with Crippen LogP contribution in [0.1, 0.15) is 12.5 Å². The molecular formula is C21H19N3O5. The monoisotopic (exact) mass is 393 g/mol. The van der Waals surface area contributed by atoms with Crippen LogP contribution in [0, 0.1) is 11.3 Å². The molecule has 1 N–H and O–H groups in total. The maximum atomic E-state index is 12.3. The molecule has 2 aromatic rings. The minimum absolute atomic E-state index is 0.0870. The molecule has 1 aliphatic rings. The maximum Gasteiger partial charge on any atom is 0.202 e. The van der Waals surface area contributed by atoms with Gasteiger partial charge in [0.25, 0.3) is 0 Å². The molecule has 148 valence electrons. The van der Waals surface area contributed by atoms with Crippen molar-refractivity contribution < 1.29 is 23.8 Å². The number of ether oxygens (including phenoxy) is 3. The fourth-order valence-electron chi connectivity index (χ4n) is 2.82. The van der Waals surface area contributed by atoms with Gasteiger partial charge in [0.05, 0.1) is 36.2 Å². The molecule has 8 nitrogen and oxygen atoms in total. The minimum Gasteiger partial charge on any atom is -0.493 e. The van der Waals surface area contributed by atoms with Gasteiger partial charge in [0, 0.05) is 36.4 Å². The van der Waals surface area contributed by atoms with Crippen molar-refractivity contribution in [3.63, 3.8) is 0 Å². The molecule has 0 atom stereocenters. The largest absolute Gasteiger partial charge is 0.493 e. The fourth-order valence-corrected chi connectivity index (χ4v) is 2.82. The number of hydrogen-bond donors (Lipinski definition) is 1. The van der Waals surface area contributed by atoms with Crippen LogP contribution in [-0.2, 0) is 14.3 Å². The van der Waals surface area contributed by atoms with Gasteiger partial charge in [-0.15, -0.1) is 0 Å². The zero-order valence-electron chi connectivity index (χ0n) is 16.2. The third-order valence-corrected chi connectivity index (χ3v) is 4.36. The molecule has 0 amide bonds. The van der Waals surface area contributed by atoms with Crippen molar-refractivity contribution in [3.05, 3.63) is 47.3 Å². The average Bonchev–Trinajstić information content (AvgIpc) is 2.71. The molecule has 0 unspecified atom stereocenters. The second kappa shape index (κ2) is 8.54. The quantitative estimate of drug-likeness (QED) is 0.564. The molecule has 1 aromatic carbocycles. The molecule has 0 fully saturated rings. The van der Waals surface area contributed by atoms with E-state index in [1.165, 1.54) is 25.5 Å². The van der Waals surface area contributed by atoms with Crippen LogP contribution >= 0.6 is 0 Å². The molecule has 0 radical (unpaired) electrons. The standard InChI is InChI=1S/C21H19N3O5/c1-12-6-18(26)16(8-17(12)25)24-21-13(10-22)11-23-15-9-20(29-5-4-27-2)19(28-3)7-14(15)21/h6-9,11H,4-5H2,1-3H3,(H,23,24). The number of ketones is 2. The Morgan fingerprint density at radius 1 is 1.10 bits per heavy atom. The van der Waals surface area contributed by atoms with Gasteiger partial charge in [-0.25, -0.2) is 0 Å². The second-order valence-corrected chi connectivity index (χ2v) is 6.26. The Bertz CT molecular complexity index is 1100. The number of fused-ring (bicyclic) bond motifs is 1. The third kappa shape index (κ3) is 4.10. The number of nitrogens with zero attached hydrogens (tertiary/aromatic N) is 2. The van der Waals surface area contributed by atoms with Crippen molar-refractivity contribution in [1.82, 2.24) is 4.98 Å². The van der Waals surface area contributed by atoms with E-state index in [2.05, 4.69) is 16.4 Å². The summed E-state index contributed by atoms with van der Waals surface area (Å²) in [7, 11) is 3.07. The molecule has 8 heteroatoms. The molecular weight excluding hydrogens is 374 g/mol. The Hall–Kier alpha value is -3.70. The van der Waals surface area contributed by atoms with Gasteiger partial charge < -0.3 is 19.5 Å². The van der Waals surface area contributed by atoms with E-state index in [1.54, 1.807) is 26.2 Å². The van der Waals surface area contributed by atoms with Crippen molar-refractivity contribution in [3.8, 4) is 17.6 Å². The van der Waals surface area contributed by atoms with Crippen LogP contribution in [0.4, 0.5) is 5.69 Å². The van der Waals surface area contributed by atoms with Crippen molar-refractivity contribution in [2.75, 3.05) is 32.8 Å². The number of pyridine rings is 1. The van der Waals surface area contributed by atoms with E-state index in [9.17, 15) is 14.9 Å². The molecule has 0 bridgehead atoms. The molecule has 0 saturated carbocycles. The number of hydrogen-bond acceptors (Lipinski definition) is 8. The Morgan fingerprint density at radius 3 is 2.59 bits per heavy atom. The number of carbonyl (C=O) groups is 2. The van der Waals surface area contributed by atoms with Crippen LogP contribution in [0.3, 0.4) is 0 Å². The number of anilines is 1. The maximum absolute atomic E-state index is 12.3. The summed E-state index contributed by atoms with van der Waals surface area (Å²) in [6, 6.07) is 5.41. The first-order chi connectivity index (χ1) is 14.0. The van der Waals surface area contributed by atoms with Crippen molar-refractivity contribution in [2.24, 2.45) is 0 Å². The molecule has 3 rings (SSSR count). The summed E-state index contributed by atoms with van der Waals surface area (Å²) >= 11 is 0. The van der Waals surface area contributed by atoms with Gasteiger partial charge in [-0.2, -0.15) is 5.26 Å². The van der Waals surface area contributed by atoms with Gasteiger partial charge >= 0.3 is 0 Å². The lowest BCUT2D eigenvalue weighted by molar-refractivity contribution is -0.115. The van der Waals surface area contributed by atoms with Crippen LogP contribution in [-0.4, -0.2) is 44.0 Å². The number of aromatic nitrogens is 1. The van der Waals surface area contributed by atoms with Gasteiger partial charge in [0.15, 0.2) is 17.3 Å². The highest BCUT2D eigenvalue weighted by Crippen LogP contribution is 2.36. The van der Waals surface area contributed by atoms with E-state index in [0.29, 0.717) is 46.9 Å². The van der Waals surface area contributed by atoms with E-state index in [-0.39, 0.29) is 22.8 Å². The van der Waals surface area contributed by atoms with Gasteiger partial charge in [-0.1, -0.05) is 0 Å². The number of nitrogens with one attached hydrogen (secondary N) is 1. The van der Waals surface area contributed by atoms with E-state index in [1.807, 2.05) is 0 Å².